The quantitative estimate of drug-likeness (QED) is 0.497. The van der Waals surface area contributed by atoms with Crippen LogP contribution in [0.4, 0.5) is 4.39 Å². The van der Waals surface area contributed by atoms with E-state index in [1.54, 1.807) is 16.9 Å². The molecule has 0 N–H and O–H groups in total. The van der Waals surface area contributed by atoms with E-state index in [0.717, 1.165) is 22.2 Å². The average molecular weight is 396 g/mol. The van der Waals surface area contributed by atoms with E-state index in [0.29, 0.717) is 23.2 Å². The molecule has 3 heterocycles. The molecule has 0 bridgehead atoms. The predicted octanol–water partition coefficient (Wildman–Crippen LogP) is 1.81. The lowest BCUT2D eigenvalue weighted by Crippen LogP contribution is -2.44. The number of amides is 1. The molecule has 4 aromatic rings. The van der Waals surface area contributed by atoms with Gasteiger partial charge in [-0.05, 0) is 29.3 Å². The summed E-state index contributed by atoms with van der Waals surface area (Å²) in [4.78, 5) is 19.2. The van der Waals surface area contributed by atoms with Crippen LogP contribution in [-0.2, 0) is 18.9 Å². The monoisotopic (exact) mass is 396 g/mol. The van der Waals surface area contributed by atoms with Crippen LogP contribution in [0.15, 0.2) is 60.9 Å². The number of carbonyl (C=O) groups excluding carboxylic acids is 1. The molecule has 0 saturated carbocycles. The second-order valence-electron chi connectivity index (χ2n) is 8.24. The number of hydrogen-bond acceptors (Lipinski definition) is 3. The van der Waals surface area contributed by atoms with Gasteiger partial charge in [-0.3, -0.25) is 14.5 Å². The summed E-state index contributed by atoms with van der Waals surface area (Å²) in [7, 11) is 5.84. The number of pyridine rings is 1. The van der Waals surface area contributed by atoms with Gasteiger partial charge in [0.1, 0.15) is 21.5 Å². The molecule has 1 aliphatic heterocycles. The van der Waals surface area contributed by atoms with Gasteiger partial charge in [0.25, 0.3) is 5.91 Å². The molecule has 1 amide bonds. The number of halogens is 1. The molecule has 0 saturated heterocycles. The normalized spacial score (nSPS) is 15.0. The third-order valence-electron chi connectivity index (χ3n) is 5.85. The topological polar surface area (TPSA) is 51.0 Å². The number of hydrogen-bond donors (Lipinski definition) is 0. The van der Waals surface area contributed by atoms with E-state index in [9.17, 15) is 9.18 Å². The molecule has 0 fully saturated rings. The zero-order valence-electron chi connectivity index (χ0n) is 17.1. The van der Waals surface area contributed by atoms with Crippen molar-refractivity contribution in [2.45, 2.75) is 11.9 Å². The standard InChI is InChI=1S/C22H19B2FN4O/c1-28-12-15-9-17(18(25)10-19(15)27-28)14-6-4-13(5-7-14)11-29-21(30)16-3-2-8-26-20(16)22(29,23)24/h2-10,12H,11,23-24H2,1H3. The van der Waals surface area contributed by atoms with Gasteiger partial charge in [0.2, 0.25) is 0 Å². The van der Waals surface area contributed by atoms with Gasteiger partial charge in [0, 0.05) is 48.3 Å². The van der Waals surface area contributed by atoms with Crippen molar-refractivity contribution in [2.75, 3.05) is 0 Å². The van der Waals surface area contributed by atoms with Crippen molar-refractivity contribution in [3.63, 3.8) is 0 Å². The fourth-order valence-electron chi connectivity index (χ4n) is 4.23. The van der Waals surface area contributed by atoms with E-state index >= 15 is 0 Å². The van der Waals surface area contributed by atoms with Crippen LogP contribution in [-0.4, -0.2) is 41.3 Å². The molecule has 0 aliphatic carbocycles. The Morgan fingerprint density at radius 3 is 2.60 bits per heavy atom. The third kappa shape index (κ3) is 2.83. The van der Waals surface area contributed by atoms with Gasteiger partial charge in [0.05, 0.1) is 16.8 Å². The summed E-state index contributed by atoms with van der Waals surface area (Å²) < 4.78 is 16.3. The molecule has 0 atom stereocenters. The summed E-state index contributed by atoms with van der Waals surface area (Å²) in [6.45, 7) is 0.465. The highest BCUT2D eigenvalue weighted by molar-refractivity contribution is 6.42. The Hall–Kier alpha value is -3.41. The number of fused-ring (bicyclic) bond motifs is 2. The third-order valence-corrected chi connectivity index (χ3v) is 5.85. The van der Waals surface area contributed by atoms with Crippen molar-refractivity contribution in [3.05, 3.63) is 83.6 Å². The van der Waals surface area contributed by atoms with Gasteiger partial charge in [0.15, 0.2) is 0 Å². The summed E-state index contributed by atoms with van der Waals surface area (Å²) in [5.74, 6) is -0.313. The Balaban J connectivity index is 1.44. The highest BCUT2D eigenvalue weighted by Gasteiger charge is 2.43. The lowest BCUT2D eigenvalue weighted by Gasteiger charge is -2.32. The molecule has 0 spiro atoms. The van der Waals surface area contributed by atoms with Gasteiger partial charge in [-0.25, -0.2) is 4.39 Å². The first-order chi connectivity index (χ1) is 14.3. The Morgan fingerprint density at radius 2 is 1.87 bits per heavy atom. The molecule has 146 valence electrons. The molecule has 5 rings (SSSR count). The van der Waals surface area contributed by atoms with E-state index in [2.05, 4.69) is 10.1 Å². The van der Waals surface area contributed by atoms with Gasteiger partial charge in [-0.15, -0.1) is 0 Å². The molecule has 2 aromatic carbocycles. The zero-order chi connectivity index (χ0) is 21.0. The number of carbonyl (C=O) groups is 1. The van der Waals surface area contributed by atoms with E-state index in [4.69, 9.17) is 0 Å². The SMILES string of the molecule is BC1(B)c2ncccc2C(=O)N1Cc1ccc(-c2cc3cn(C)nc3cc2F)cc1. The molecule has 8 heteroatoms. The summed E-state index contributed by atoms with van der Waals surface area (Å²) >= 11 is 0. The van der Waals surface area contributed by atoms with Crippen LogP contribution in [0, 0.1) is 5.82 Å². The molecule has 2 aromatic heterocycles. The van der Waals surface area contributed by atoms with Crippen LogP contribution < -0.4 is 0 Å². The van der Waals surface area contributed by atoms with E-state index in [1.165, 1.54) is 6.07 Å². The smallest absolute Gasteiger partial charge is 0.255 e. The number of benzene rings is 2. The lowest BCUT2D eigenvalue weighted by atomic mass is 9.59. The minimum Gasteiger partial charge on any atom is -0.339 e. The van der Waals surface area contributed by atoms with Crippen molar-refractivity contribution < 1.29 is 9.18 Å². The van der Waals surface area contributed by atoms with Crippen molar-refractivity contribution in [1.29, 1.82) is 0 Å². The summed E-state index contributed by atoms with van der Waals surface area (Å²) in [5.41, 5.74) is 4.41. The van der Waals surface area contributed by atoms with Crippen LogP contribution in [0.2, 0.25) is 0 Å². The highest BCUT2D eigenvalue weighted by Crippen LogP contribution is 2.34. The Morgan fingerprint density at radius 1 is 1.10 bits per heavy atom. The molecule has 1 aliphatic rings. The van der Waals surface area contributed by atoms with E-state index in [-0.39, 0.29) is 11.7 Å². The molecule has 0 radical (unpaired) electrons. The van der Waals surface area contributed by atoms with Gasteiger partial charge in [-0.2, -0.15) is 5.10 Å². The first kappa shape index (κ1) is 18.6. The fourth-order valence-corrected chi connectivity index (χ4v) is 4.23. The Kier molecular flexibility index (Phi) is 4.07. The first-order valence-corrected chi connectivity index (χ1v) is 9.84. The van der Waals surface area contributed by atoms with Crippen LogP contribution in [0.25, 0.3) is 22.0 Å². The van der Waals surface area contributed by atoms with Crippen LogP contribution in [0.5, 0.6) is 0 Å². The molecule has 30 heavy (non-hydrogen) atoms. The summed E-state index contributed by atoms with van der Waals surface area (Å²) in [6.07, 6.45) is 3.60. The minimum absolute atomic E-state index is 0.0137. The van der Waals surface area contributed by atoms with E-state index in [1.807, 2.05) is 70.2 Å². The first-order valence-electron chi connectivity index (χ1n) is 9.84. The van der Waals surface area contributed by atoms with Crippen molar-refractivity contribution in [2.24, 2.45) is 7.05 Å². The maximum atomic E-state index is 14.6. The number of aryl methyl sites for hydroxylation is 1. The molecular weight excluding hydrogens is 377 g/mol. The van der Waals surface area contributed by atoms with Crippen molar-refractivity contribution in [1.82, 2.24) is 19.7 Å². The van der Waals surface area contributed by atoms with Crippen LogP contribution in [0.1, 0.15) is 21.6 Å². The Labute approximate surface area is 175 Å². The lowest BCUT2D eigenvalue weighted by molar-refractivity contribution is 0.0731. The molecule has 5 nitrogen and oxygen atoms in total. The zero-order valence-corrected chi connectivity index (χ0v) is 17.1. The van der Waals surface area contributed by atoms with Gasteiger partial charge in [-0.1, -0.05) is 24.3 Å². The maximum Gasteiger partial charge on any atom is 0.255 e. The minimum atomic E-state index is -0.482. The fraction of sp³-hybridized carbons (Fsp3) is 0.136. The highest BCUT2D eigenvalue weighted by atomic mass is 19.1. The molecular formula is C22H19B2FN4O. The predicted molar refractivity (Wildman–Crippen MR) is 119 cm³/mol. The number of rotatable bonds is 3. The van der Waals surface area contributed by atoms with E-state index < -0.39 is 5.34 Å². The molecule has 0 unspecified atom stereocenters. The largest absolute Gasteiger partial charge is 0.339 e. The maximum absolute atomic E-state index is 14.6. The van der Waals surface area contributed by atoms with Gasteiger partial charge < -0.3 is 4.90 Å². The second-order valence-corrected chi connectivity index (χ2v) is 8.24. The van der Waals surface area contributed by atoms with Crippen LogP contribution in [0.3, 0.4) is 0 Å². The Bertz CT molecular complexity index is 1300. The van der Waals surface area contributed by atoms with Gasteiger partial charge >= 0.3 is 0 Å². The average Bonchev–Trinajstić information content (AvgIpc) is 3.18. The van der Waals surface area contributed by atoms with Crippen LogP contribution >= 0.6 is 0 Å². The van der Waals surface area contributed by atoms with Crippen molar-refractivity contribution in [3.8, 4) is 11.1 Å². The van der Waals surface area contributed by atoms with Crippen molar-refractivity contribution >= 4 is 32.5 Å². The summed E-state index contributed by atoms with van der Waals surface area (Å²) in [6, 6.07) is 14.6. The second kappa shape index (κ2) is 6.55. The number of nitrogens with zero attached hydrogens (tertiary/aromatic N) is 4. The number of aromatic nitrogens is 3. The summed E-state index contributed by atoms with van der Waals surface area (Å²) in [5, 5.41) is 4.67.